The maximum Gasteiger partial charge on any atom is 0.191 e. The normalized spacial score (nSPS) is 30.3. The standard InChI is InChI=1S/C21H25N3O2/c1-3-23-12-10-21(11-13-23)24-18(16-6-4-5-7-19(16)26-21)14-17(22-24)20-9-8-15(2)25-20/h4-9,14,18,22H,3,10-13H2,1-2H3/p+1/t18-/m1/s1. The van der Waals surface area contributed by atoms with Crippen molar-refractivity contribution in [3.63, 3.8) is 0 Å². The predicted molar refractivity (Wildman–Crippen MR) is 99.4 cm³/mol. The number of hydrogen-bond acceptors (Lipinski definition) is 4. The molecular formula is C21H26N3O2+. The zero-order chi connectivity index (χ0) is 17.7. The summed E-state index contributed by atoms with van der Waals surface area (Å²) >= 11 is 0. The lowest BCUT2D eigenvalue weighted by Gasteiger charge is -2.50. The van der Waals surface area contributed by atoms with Crippen molar-refractivity contribution in [3.05, 3.63) is 59.6 Å². The molecule has 5 rings (SSSR count). The van der Waals surface area contributed by atoms with Gasteiger partial charge >= 0.3 is 0 Å². The molecule has 0 radical (unpaired) electrons. The van der Waals surface area contributed by atoms with E-state index in [2.05, 4.69) is 47.7 Å². The number of para-hydroxylation sites is 1. The number of ether oxygens (including phenoxy) is 1. The van der Waals surface area contributed by atoms with Gasteiger partial charge in [0.25, 0.3) is 0 Å². The van der Waals surface area contributed by atoms with Crippen LogP contribution in [0.25, 0.3) is 5.70 Å². The second kappa shape index (κ2) is 5.89. The molecule has 1 spiro atoms. The molecule has 0 saturated carbocycles. The van der Waals surface area contributed by atoms with Crippen molar-refractivity contribution >= 4 is 5.70 Å². The molecule has 3 aliphatic heterocycles. The van der Waals surface area contributed by atoms with Gasteiger partial charge in [-0.2, -0.15) is 5.01 Å². The van der Waals surface area contributed by atoms with Gasteiger partial charge in [-0.25, -0.2) is 0 Å². The summed E-state index contributed by atoms with van der Waals surface area (Å²) in [6.07, 6.45) is 4.32. The topological polar surface area (TPSA) is 42.1 Å². The maximum atomic E-state index is 6.64. The van der Waals surface area contributed by atoms with Crippen LogP contribution in [0.3, 0.4) is 0 Å². The Morgan fingerprint density at radius 2 is 2.00 bits per heavy atom. The largest absolute Gasteiger partial charge is 0.470 e. The van der Waals surface area contributed by atoms with Crippen molar-refractivity contribution in [2.75, 3.05) is 19.6 Å². The van der Waals surface area contributed by atoms with Crippen LogP contribution in [0.2, 0.25) is 0 Å². The molecule has 5 heteroatoms. The first-order valence-electron chi connectivity index (χ1n) is 9.65. The van der Waals surface area contributed by atoms with Gasteiger partial charge in [-0.3, -0.25) is 0 Å². The fourth-order valence-corrected chi connectivity index (χ4v) is 4.53. The van der Waals surface area contributed by atoms with Crippen LogP contribution in [0.5, 0.6) is 5.75 Å². The molecule has 2 aromatic rings. The number of quaternary nitrogens is 1. The van der Waals surface area contributed by atoms with Crippen LogP contribution in [-0.4, -0.2) is 30.4 Å². The monoisotopic (exact) mass is 352 g/mol. The van der Waals surface area contributed by atoms with Gasteiger partial charge in [-0.15, -0.1) is 0 Å². The van der Waals surface area contributed by atoms with Gasteiger partial charge in [0, 0.05) is 5.56 Å². The molecule has 2 N–H and O–H groups in total. The molecular weight excluding hydrogens is 326 g/mol. The third-order valence-corrected chi connectivity index (χ3v) is 6.06. The van der Waals surface area contributed by atoms with Gasteiger partial charge in [0.05, 0.1) is 44.2 Å². The number of nitrogens with zero attached hydrogens (tertiary/aromatic N) is 1. The first-order chi connectivity index (χ1) is 12.7. The number of hydrogen-bond donors (Lipinski definition) is 2. The second-order valence-electron chi connectivity index (χ2n) is 7.61. The molecule has 0 bridgehead atoms. The van der Waals surface area contributed by atoms with Crippen LogP contribution in [0, 0.1) is 6.92 Å². The summed E-state index contributed by atoms with van der Waals surface area (Å²) in [5, 5.41) is 2.33. The fourth-order valence-electron chi connectivity index (χ4n) is 4.53. The van der Waals surface area contributed by atoms with E-state index in [9.17, 15) is 0 Å². The fraction of sp³-hybridized carbons (Fsp3) is 0.429. The average Bonchev–Trinajstić information content (AvgIpc) is 3.30. The Hall–Kier alpha value is -2.24. The van der Waals surface area contributed by atoms with Crippen LogP contribution in [0.4, 0.5) is 0 Å². The highest BCUT2D eigenvalue weighted by molar-refractivity contribution is 5.64. The molecule has 0 aliphatic carbocycles. The average molecular weight is 352 g/mol. The van der Waals surface area contributed by atoms with E-state index in [1.54, 1.807) is 4.90 Å². The van der Waals surface area contributed by atoms with Gasteiger partial charge in [0.2, 0.25) is 0 Å². The highest BCUT2D eigenvalue weighted by atomic mass is 16.5. The van der Waals surface area contributed by atoms with Gasteiger partial charge in [0.15, 0.2) is 11.5 Å². The zero-order valence-corrected chi connectivity index (χ0v) is 15.4. The van der Waals surface area contributed by atoms with Gasteiger partial charge in [-0.1, -0.05) is 18.2 Å². The lowest BCUT2D eigenvalue weighted by molar-refractivity contribution is -0.906. The summed E-state index contributed by atoms with van der Waals surface area (Å²) in [6.45, 7) is 7.70. The quantitative estimate of drug-likeness (QED) is 0.870. The number of fused-ring (bicyclic) bond motifs is 4. The van der Waals surface area contributed by atoms with E-state index in [1.165, 1.54) is 12.1 Å². The van der Waals surface area contributed by atoms with Gasteiger partial charge in [0.1, 0.15) is 11.5 Å². The van der Waals surface area contributed by atoms with Crippen molar-refractivity contribution < 1.29 is 14.1 Å². The molecule has 4 heterocycles. The van der Waals surface area contributed by atoms with Gasteiger partial charge < -0.3 is 19.5 Å². The molecule has 1 aromatic carbocycles. The Bertz CT molecular complexity index is 848. The van der Waals surface area contributed by atoms with Crippen molar-refractivity contribution in [3.8, 4) is 5.75 Å². The van der Waals surface area contributed by atoms with Gasteiger partial charge in [-0.05, 0) is 38.1 Å². The van der Waals surface area contributed by atoms with Crippen molar-refractivity contribution in [1.82, 2.24) is 10.4 Å². The van der Waals surface area contributed by atoms with E-state index in [-0.39, 0.29) is 11.8 Å². The lowest BCUT2D eigenvalue weighted by Crippen LogP contribution is -3.13. The highest BCUT2D eigenvalue weighted by Crippen LogP contribution is 2.47. The Balaban J connectivity index is 1.54. The Morgan fingerprint density at radius 1 is 1.19 bits per heavy atom. The molecule has 1 fully saturated rings. The number of piperidine rings is 1. The van der Waals surface area contributed by atoms with E-state index in [0.717, 1.165) is 48.9 Å². The van der Waals surface area contributed by atoms with E-state index < -0.39 is 0 Å². The molecule has 0 unspecified atom stereocenters. The molecule has 0 amide bonds. The number of likely N-dealkylation sites (tertiary alicyclic amines) is 1. The highest BCUT2D eigenvalue weighted by Gasteiger charge is 2.52. The molecule has 1 saturated heterocycles. The molecule has 136 valence electrons. The summed E-state index contributed by atoms with van der Waals surface area (Å²) in [5.74, 6) is 2.84. The maximum absolute atomic E-state index is 6.64. The van der Waals surface area contributed by atoms with Crippen LogP contribution < -0.4 is 15.1 Å². The third kappa shape index (κ3) is 2.38. The first kappa shape index (κ1) is 16.0. The van der Waals surface area contributed by atoms with Crippen LogP contribution in [-0.2, 0) is 0 Å². The molecule has 5 nitrogen and oxygen atoms in total. The van der Waals surface area contributed by atoms with E-state index in [1.807, 2.05) is 19.1 Å². The first-order valence-corrected chi connectivity index (χ1v) is 9.65. The number of nitrogens with one attached hydrogen (secondary N) is 2. The zero-order valence-electron chi connectivity index (χ0n) is 15.4. The minimum atomic E-state index is -0.294. The SMILES string of the molecule is CC[NH+]1CCC2(CC1)Oc1ccccc1[C@H]1C=C(c3ccc(C)o3)NN12. The molecule has 3 aliphatic rings. The van der Waals surface area contributed by atoms with Crippen LogP contribution in [0.15, 0.2) is 46.9 Å². The third-order valence-electron chi connectivity index (χ3n) is 6.06. The van der Waals surface area contributed by atoms with E-state index in [4.69, 9.17) is 9.15 Å². The van der Waals surface area contributed by atoms with E-state index in [0.29, 0.717) is 0 Å². The molecule has 26 heavy (non-hydrogen) atoms. The van der Waals surface area contributed by atoms with Crippen molar-refractivity contribution in [2.24, 2.45) is 0 Å². The van der Waals surface area contributed by atoms with E-state index >= 15 is 0 Å². The van der Waals surface area contributed by atoms with Crippen molar-refractivity contribution in [2.45, 2.75) is 38.5 Å². The summed E-state index contributed by atoms with van der Waals surface area (Å²) < 4.78 is 12.5. The Labute approximate surface area is 154 Å². The minimum Gasteiger partial charge on any atom is -0.470 e. The van der Waals surface area contributed by atoms with Crippen molar-refractivity contribution in [1.29, 1.82) is 0 Å². The minimum absolute atomic E-state index is 0.170. The summed E-state index contributed by atoms with van der Waals surface area (Å²) in [6, 6.07) is 12.7. The molecule has 1 aromatic heterocycles. The summed E-state index contributed by atoms with van der Waals surface area (Å²) in [7, 11) is 0. The number of aryl methyl sites for hydroxylation is 1. The molecule has 1 atom stereocenters. The number of rotatable bonds is 2. The Kier molecular flexibility index (Phi) is 3.62. The summed E-state index contributed by atoms with van der Waals surface area (Å²) in [5.41, 5.74) is 5.58. The summed E-state index contributed by atoms with van der Waals surface area (Å²) in [4.78, 5) is 1.66. The number of benzene rings is 1. The Morgan fingerprint density at radius 3 is 2.73 bits per heavy atom. The van der Waals surface area contributed by atoms with Crippen LogP contribution >= 0.6 is 0 Å². The number of furan rings is 1. The second-order valence-corrected chi connectivity index (χ2v) is 7.61. The van der Waals surface area contributed by atoms with Crippen LogP contribution in [0.1, 0.15) is 42.9 Å². The number of hydrazine groups is 1. The smallest absolute Gasteiger partial charge is 0.191 e. The lowest BCUT2D eigenvalue weighted by atomic mass is 9.93. The predicted octanol–water partition coefficient (Wildman–Crippen LogP) is 2.28.